The monoisotopic (exact) mass is 308 g/mol. The van der Waals surface area contributed by atoms with Crippen LogP contribution in [0, 0.1) is 5.92 Å². The first-order chi connectivity index (χ1) is 10.0. The van der Waals surface area contributed by atoms with E-state index in [1.165, 1.54) is 19.4 Å². The Hall–Kier alpha value is -1.46. The summed E-state index contributed by atoms with van der Waals surface area (Å²) in [6.07, 6.45) is 2.74. The lowest BCUT2D eigenvalue weighted by atomic mass is 10.1. The third-order valence-electron chi connectivity index (χ3n) is 4.25. The number of anilines is 2. The molecule has 114 valence electrons. The van der Waals surface area contributed by atoms with E-state index >= 15 is 0 Å². The Labute approximate surface area is 129 Å². The zero-order valence-electron chi connectivity index (χ0n) is 12.0. The number of hydrogen-bond donors (Lipinski definition) is 2. The van der Waals surface area contributed by atoms with Gasteiger partial charge in [0.15, 0.2) is 0 Å². The van der Waals surface area contributed by atoms with Gasteiger partial charge < -0.3 is 16.4 Å². The molecule has 1 saturated carbocycles. The van der Waals surface area contributed by atoms with E-state index in [4.69, 9.17) is 23.1 Å². The molecule has 1 aliphatic heterocycles. The van der Waals surface area contributed by atoms with Gasteiger partial charge in [0, 0.05) is 38.4 Å². The maximum atomic E-state index is 11.7. The zero-order chi connectivity index (χ0) is 15.0. The molecule has 0 radical (unpaired) electrons. The van der Waals surface area contributed by atoms with E-state index in [1.807, 2.05) is 0 Å². The Morgan fingerprint density at radius 2 is 1.90 bits per heavy atom. The molecule has 2 aliphatic rings. The lowest BCUT2D eigenvalue weighted by Gasteiger charge is -2.37. The smallest absolute Gasteiger partial charge is 0.250 e. The summed E-state index contributed by atoms with van der Waals surface area (Å²) in [5.74, 6) is 0.414. The first-order valence-electron chi connectivity index (χ1n) is 7.40. The van der Waals surface area contributed by atoms with Gasteiger partial charge >= 0.3 is 0 Å². The Balaban J connectivity index is 1.76. The fourth-order valence-corrected chi connectivity index (χ4v) is 3.30. The molecular formula is C15H21ClN4O. The van der Waals surface area contributed by atoms with Crippen molar-refractivity contribution in [2.45, 2.75) is 12.8 Å². The van der Waals surface area contributed by atoms with Gasteiger partial charge in [0.25, 0.3) is 5.91 Å². The van der Waals surface area contributed by atoms with Crippen LogP contribution in [0.5, 0.6) is 0 Å². The van der Waals surface area contributed by atoms with Crippen LogP contribution in [-0.2, 0) is 0 Å². The summed E-state index contributed by atoms with van der Waals surface area (Å²) in [6, 6.07) is 3.29. The fraction of sp³-hybridized carbons (Fsp3) is 0.533. The number of halogens is 1. The number of carbonyl (C=O) groups is 1. The minimum Gasteiger partial charge on any atom is -0.399 e. The van der Waals surface area contributed by atoms with Crippen molar-refractivity contribution >= 4 is 28.9 Å². The summed E-state index contributed by atoms with van der Waals surface area (Å²) < 4.78 is 0. The highest BCUT2D eigenvalue weighted by atomic mass is 35.5. The van der Waals surface area contributed by atoms with Crippen molar-refractivity contribution in [3.63, 3.8) is 0 Å². The van der Waals surface area contributed by atoms with Gasteiger partial charge in [0.05, 0.1) is 16.3 Å². The third-order valence-corrected chi connectivity index (χ3v) is 4.54. The minimum atomic E-state index is -0.486. The highest BCUT2D eigenvalue weighted by molar-refractivity contribution is 6.34. The van der Waals surface area contributed by atoms with Crippen molar-refractivity contribution in [2.75, 3.05) is 43.4 Å². The van der Waals surface area contributed by atoms with Gasteiger partial charge in [0.1, 0.15) is 0 Å². The van der Waals surface area contributed by atoms with Crippen molar-refractivity contribution in [2.24, 2.45) is 11.7 Å². The predicted molar refractivity (Wildman–Crippen MR) is 85.8 cm³/mol. The lowest BCUT2D eigenvalue weighted by Crippen LogP contribution is -2.47. The molecule has 21 heavy (non-hydrogen) atoms. The van der Waals surface area contributed by atoms with Crippen LogP contribution in [0.25, 0.3) is 0 Å². The van der Waals surface area contributed by atoms with Crippen molar-refractivity contribution in [1.82, 2.24) is 4.90 Å². The summed E-state index contributed by atoms with van der Waals surface area (Å²) >= 11 is 6.30. The van der Waals surface area contributed by atoms with Gasteiger partial charge in [-0.05, 0) is 30.9 Å². The standard InChI is InChI=1S/C15H21ClN4O/c16-13-8-11(17)7-12(15(18)21)14(13)20-5-3-19(4-6-20)9-10-1-2-10/h7-8,10H,1-6,9,17H2,(H2,18,21). The lowest BCUT2D eigenvalue weighted by molar-refractivity contribution is 0.100. The molecule has 3 rings (SSSR count). The molecule has 0 spiro atoms. The molecular weight excluding hydrogens is 288 g/mol. The highest BCUT2D eigenvalue weighted by Crippen LogP contribution is 2.34. The van der Waals surface area contributed by atoms with Crippen molar-refractivity contribution in [3.8, 4) is 0 Å². The average Bonchev–Trinajstić information content (AvgIpc) is 3.23. The molecule has 2 fully saturated rings. The van der Waals surface area contributed by atoms with E-state index in [1.54, 1.807) is 12.1 Å². The number of benzene rings is 1. The van der Waals surface area contributed by atoms with Gasteiger partial charge in [-0.2, -0.15) is 0 Å². The number of nitrogens with two attached hydrogens (primary N) is 2. The molecule has 0 bridgehead atoms. The van der Waals surface area contributed by atoms with Crippen LogP contribution in [0.4, 0.5) is 11.4 Å². The molecule has 5 nitrogen and oxygen atoms in total. The average molecular weight is 309 g/mol. The first kappa shape index (κ1) is 14.5. The van der Waals surface area contributed by atoms with Gasteiger partial charge in [-0.15, -0.1) is 0 Å². The van der Waals surface area contributed by atoms with E-state index in [9.17, 15) is 4.79 Å². The molecule has 0 atom stereocenters. The molecule has 6 heteroatoms. The summed E-state index contributed by atoms with van der Waals surface area (Å²) in [4.78, 5) is 16.3. The molecule has 1 aromatic rings. The van der Waals surface area contributed by atoms with Crippen LogP contribution >= 0.6 is 11.6 Å². The Morgan fingerprint density at radius 3 is 2.48 bits per heavy atom. The number of piperazine rings is 1. The first-order valence-corrected chi connectivity index (χ1v) is 7.78. The Bertz CT molecular complexity index is 551. The third kappa shape index (κ3) is 3.24. The number of nitrogens with zero attached hydrogens (tertiary/aromatic N) is 2. The minimum absolute atomic E-state index is 0.413. The van der Waals surface area contributed by atoms with E-state index in [0.717, 1.165) is 37.8 Å². The van der Waals surface area contributed by atoms with E-state index in [2.05, 4.69) is 9.80 Å². The highest BCUT2D eigenvalue weighted by Gasteiger charge is 2.28. The van der Waals surface area contributed by atoms with E-state index in [0.29, 0.717) is 16.3 Å². The van der Waals surface area contributed by atoms with Crippen LogP contribution < -0.4 is 16.4 Å². The van der Waals surface area contributed by atoms with Crippen molar-refractivity contribution in [1.29, 1.82) is 0 Å². The second kappa shape index (κ2) is 5.73. The zero-order valence-corrected chi connectivity index (χ0v) is 12.8. The molecule has 1 aliphatic carbocycles. The fourth-order valence-electron chi connectivity index (χ4n) is 2.95. The van der Waals surface area contributed by atoms with Crippen molar-refractivity contribution < 1.29 is 4.79 Å². The van der Waals surface area contributed by atoms with Gasteiger partial charge in [-0.25, -0.2) is 0 Å². The molecule has 1 amide bonds. The summed E-state index contributed by atoms with van der Waals surface area (Å²) in [6.45, 7) is 4.91. The van der Waals surface area contributed by atoms with Gasteiger partial charge in [-0.3, -0.25) is 9.69 Å². The maximum Gasteiger partial charge on any atom is 0.250 e. The van der Waals surface area contributed by atoms with Crippen LogP contribution in [-0.4, -0.2) is 43.5 Å². The normalized spacial score (nSPS) is 19.8. The van der Waals surface area contributed by atoms with E-state index in [-0.39, 0.29) is 0 Å². The largest absolute Gasteiger partial charge is 0.399 e. The summed E-state index contributed by atoms with van der Waals surface area (Å²) in [5.41, 5.74) is 12.8. The number of nitrogen functional groups attached to an aromatic ring is 1. The van der Waals surface area contributed by atoms with Gasteiger partial charge in [-0.1, -0.05) is 11.6 Å². The molecule has 0 unspecified atom stereocenters. The molecule has 0 aromatic heterocycles. The summed E-state index contributed by atoms with van der Waals surface area (Å²) in [7, 11) is 0. The molecule has 1 aromatic carbocycles. The quantitative estimate of drug-likeness (QED) is 0.828. The number of amides is 1. The van der Waals surface area contributed by atoms with Crippen LogP contribution in [0.1, 0.15) is 23.2 Å². The second-order valence-corrected chi connectivity index (χ2v) is 6.40. The van der Waals surface area contributed by atoms with Gasteiger partial charge in [0.2, 0.25) is 0 Å². The van der Waals surface area contributed by atoms with Crippen LogP contribution in [0.15, 0.2) is 12.1 Å². The number of hydrogen-bond acceptors (Lipinski definition) is 4. The maximum absolute atomic E-state index is 11.7. The predicted octanol–water partition coefficient (Wildman–Crippen LogP) is 1.55. The molecule has 1 saturated heterocycles. The summed E-state index contributed by atoms with van der Waals surface area (Å²) in [5, 5.41) is 0.499. The molecule has 1 heterocycles. The van der Waals surface area contributed by atoms with Crippen LogP contribution in [0.2, 0.25) is 5.02 Å². The number of rotatable bonds is 4. The van der Waals surface area contributed by atoms with Crippen LogP contribution in [0.3, 0.4) is 0 Å². The van der Waals surface area contributed by atoms with E-state index < -0.39 is 5.91 Å². The topological polar surface area (TPSA) is 75.6 Å². The number of primary amides is 1. The Morgan fingerprint density at radius 1 is 1.24 bits per heavy atom. The van der Waals surface area contributed by atoms with Crippen molar-refractivity contribution in [3.05, 3.63) is 22.7 Å². The second-order valence-electron chi connectivity index (χ2n) is 5.99. The molecule has 4 N–H and O–H groups in total. The number of carbonyl (C=O) groups excluding carboxylic acids is 1. The Kier molecular flexibility index (Phi) is 3.95. The SMILES string of the molecule is NC(=O)c1cc(N)cc(Cl)c1N1CCN(CC2CC2)CC1.